The third kappa shape index (κ3) is 7.22. The summed E-state index contributed by atoms with van der Waals surface area (Å²) in [4.78, 5) is 19.4. The van der Waals surface area contributed by atoms with Crippen molar-refractivity contribution < 1.29 is 9.53 Å². The lowest BCUT2D eigenvalue weighted by molar-refractivity contribution is -0.136. The maximum Gasteiger partial charge on any atom is 0.225 e. The molecule has 168 valence electrons. The zero-order chi connectivity index (χ0) is 21.9. The number of likely N-dealkylation sites (tertiary alicyclic amines) is 1. The Hall–Kier alpha value is -2.24. The molecule has 2 rings (SSSR count). The highest BCUT2D eigenvalue weighted by Gasteiger charge is 2.26. The largest absolute Gasteiger partial charge is 0.489 e. The van der Waals surface area contributed by atoms with Crippen LogP contribution in [0.5, 0.6) is 5.75 Å². The van der Waals surface area contributed by atoms with Gasteiger partial charge in [0, 0.05) is 31.6 Å². The zero-order valence-corrected chi connectivity index (χ0v) is 19.4. The molecule has 1 amide bonds. The van der Waals surface area contributed by atoms with Gasteiger partial charge in [-0.05, 0) is 58.1 Å². The fourth-order valence-electron chi connectivity index (χ4n) is 3.82. The lowest BCUT2D eigenvalue weighted by atomic mass is 9.98. The minimum Gasteiger partial charge on any atom is -0.489 e. The van der Waals surface area contributed by atoms with Gasteiger partial charge in [0.1, 0.15) is 11.9 Å². The summed E-state index contributed by atoms with van der Waals surface area (Å²) < 4.78 is 6.04. The Labute approximate surface area is 182 Å². The molecule has 1 aromatic carbocycles. The third-order valence-electron chi connectivity index (χ3n) is 5.75. The number of aliphatic imine (C=N–C) groups is 1. The van der Waals surface area contributed by atoms with Crippen molar-refractivity contribution in [1.29, 1.82) is 0 Å². The van der Waals surface area contributed by atoms with Gasteiger partial charge in [-0.15, -0.1) is 0 Å². The first-order valence-corrected chi connectivity index (χ1v) is 11.5. The van der Waals surface area contributed by atoms with Gasteiger partial charge < -0.3 is 20.3 Å². The van der Waals surface area contributed by atoms with Crippen LogP contribution in [0.25, 0.3) is 0 Å². The average molecular weight is 417 g/mol. The van der Waals surface area contributed by atoms with Crippen molar-refractivity contribution in [3.63, 3.8) is 0 Å². The number of para-hydroxylation sites is 1. The van der Waals surface area contributed by atoms with E-state index in [-0.39, 0.29) is 12.0 Å². The van der Waals surface area contributed by atoms with E-state index in [1.807, 2.05) is 30.0 Å². The number of ether oxygens (including phenoxy) is 1. The second-order valence-electron chi connectivity index (χ2n) is 8.17. The van der Waals surface area contributed by atoms with Gasteiger partial charge in [0.05, 0.1) is 6.54 Å². The lowest BCUT2D eigenvalue weighted by Crippen LogP contribution is -2.50. The standard InChI is InChI=1S/C24H40N4O2/c1-6-20(7-2)23(29)28-15-13-21(14-16-28)27-24(25-8-3)26-17-19(5)30-22-12-10-9-11-18(22)4/h9-12,19-21H,6-8,13-17H2,1-5H3,(H2,25,26,27). The molecule has 1 aliphatic heterocycles. The van der Waals surface area contributed by atoms with Crippen LogP contribution in [0.15, 0.2) is 29.3 Å². The highest BCUT2D eigenvalue weighted by atomic mass is 16.5. The lowest BCUT2D eigenvalue weighted by Gasteiger charge is -2.35. The Morgan fingerprint density at radius 1 is 1.20 bits per heavy atom. The molecule has 6 nitrogen and oxygen atoms in total. The summed E-state index contributed by atoms with van der Waals surface area (Å²) in [6.07, 6.45) is 3.74. The minimum atomic E-state index is -0.0129. The summed E-state index contributed by atoms with van der Waals surface area (Å²) in [5, 5.41) is 6.88. The smallest absolute Gasteiger partial charge is 0.225 e. The van der Waals surface area contributed by atoms with Gasteiger partial charge in [0.15, 0.2) is 5.96 Å². The maximum absolute atomic E-state index is 12.6. The molecular formula is C24H40N4O2. The van der Waals surface area contributed by atoms with E-state index < -0.39 is 0 Å². The number of nitrogens with one attached hydrogen (secondary N) is 2. The molecule has 0 aliphatic carbocycles. The Bertz CT molecular complexity index is 680. The molecule has 6 heteroatoms. The SMILES string of the molecule is CCNC(=NCC(C)Oc1ccccc1C)NC1CCN(C(=O)C(CC)CC)CC1. The number of carbonyl (C=O) groups excluding carboxylic acids is 1. The summed E-state index contributed by atoms with van der Waals surface area (Å²) in [6, 6.07) is 8.39. The zero-order valence-electron chi connectivity index (χ0n) is 19.4. The van der Waals surface area contributed by atoms with Gasteiger partial charge in [-0.1, -0.05) is 32.0 Å². The second kappa shape index (κ2) is 12.5. The number of piperidine rings is 1. The van der Waals surface area contributed by atoms with Crippen molar-refractivity contribution in [3.8, 4) is 5.75 Å². The number of guanidine groups is 1. The van der Waals surface area contributed by atoms with Crippen molar-refractivity contribution in [3.05, 3.63) is 29.8 Å². The summed E-state index contributed by atoms with van der Waals surface area (Å²) >= 11 is 0. The topological polar surface area (TPSA) is 66.0 Å². The monoisotopic (exact) mass is 416 g/mol. The first-order chi connectivity index (χ1) is 14.5. The average Bonchev–Trinajstić information content (AvgIpc) is 2.75. The van der Waals surface area contributed by atoms with E-state index in [4.69, 9.17) is 9.73 Å². The Morgan fingerprint density at radius 2 is 1.87 bits per heavy atom. The predicted octanol–water partition coefficient (Wildman–Crippen LogP) is 3.74. The van der Waals surface area contributed by atoms with E-state index in [2.05, 4.69) is 44.4 Å². The molecule has 30 heavy (non-hydrogen) atoms. The molecule has 2 N–H and O–H groups in total. The number of rotatable bonds is 9. The van der Waals surface area contributed by atoms with Crippen molar-refractivity contribution in [2.75, 3.05) is 26.2 Å². The van der Waals surface area contributed by atoms with Crippen molar-refractivity contribution in [1.82, 2.24) is 15.5 Å². The maximum atomic E-state index is 12.6. The van der Waals surface area contributed by atoms with E-state index in [0.29, 0.717) is 18.5 Å². The number of hydrogen-bond acceptors (Lipinski definition) is 3. The number of amides is 1. The normalized spacial score (nSPS) is 16.5. The molecule has 1 fully saturated rings. The van der Waals surface area contributed by atoms with E-state index >= 15 is 0 Å². The molecule has 1 unspecified atom stereocenters. The molecule has 0 spiro atoms. The van der Waals surface area contributed by atoms with Crippen molar-refractivity contribution in [2.45, 2.75) is 72.4 Å². The minimum absolute atomic E-state index is 0.0129. The molecule has 0 bridgehead atoms. The summed E-state index contributed by atoms with van der Waals surface area (Å²) in [5.41, 5.74) is 1.13. The van der Waals surface area contributed by atoms with Crippen LogP contribution >= 0.6 is 0 Å². The van der Waals surface area contributed by atoms with Gasteiger partial charge in [0.2, 0.25) is 5.91 Å². The molecule has 1 aliphatic rings. The Morgan fingerprint density at radius 3 is 2.47 bits per heavy atom. The Balaban J connectivity index is 1.85. The van der Waals surface area contributed by atoms with E-state index in [1.165, 1.54) is 0 Å². The fraction of sp³-hybridized carbons (Fsp3) is 0.667. The number of nitrogens with zero attached hydrogens (tertiary/aromatic N) is 2. The Kier molecular flexibility index (Phi) is 9.98. The number of carbonyl (C=O) groups is 1. The van der Waals surface area contributed by atoms with Crippen LogP contribution in [0.4, 0.5) is 0 Å². The van der Waals surface area contributed by atoms with E-state index in [0.717, 1.165) is 62.6 Å². The number of benzene rings is 1. The van der Waals surface area contributed by atoms with Crippen molar-refractivity contribution >= 4 is 11.9 Å². The molecule has 0 aromatic heterocycles. The van der Waals surface area contributed by atoms with Gasteiger partial charge in [0.25, 0.3) is 0 Å². The molecule has 0 radical (unpaired) electrons. The summed E-state index contributed by atoms with van der Waals surface area (Å²) in [6.45, 7) is 13.4. The molecule has 0 saturated carbocycles. The predicted molar refractivity (Wildman–Crippen MR) is 124 cm³/mol. The fourth-order valence-corrected chi connectivity index (χ4v) is 3.82. The summed E-state index contributed by atoms with van der Waals surface area (Å²) in [7, 11) is 0. The van der Waals surface area contributed by atoms with E-state index in [1.54, 1.807) is 0 Å². The number of aryl methyl sites for hydroxylation is 1. The first kappa shape index (κ1) is 24.0. The number of hydrogen-bond donors (Lipinski definition) is 2. The highest BCUT2D eigenvalue weighted by molar-refractivity contribution is 5.80. The van der Waals surface area contributed by atoms with Crippen LogP contribution in [0.1, 0.15) is 58.9 Å². The second-order valence-corrected chi connectivity index (χ2v) is 8.17. The van der Waals surface area contributed by atoms with Crippen LogP contribution in [0.3, 0.4) is 0 Å². The van der Waals surface area contributed by atoms with Crippen LogP contribution in [-0.2, 0) is 4.79 Å². The molecule has 1 heterocycles. The van der Waals surface area contributed by atoms with Crippen LogP contribution < -0.4 is 15.4 Å². The van der Waals surface area contributed by atoms with Crippen LogP contribution in [0.2, 0.25) is 0 Å². The summed E-state index contributed by atoms with van der Waals surface area (Å²) in [5.74, 6) is 2.22. The van der Waals surface area contributed by atoms with Crippen molar-refractivity contribution in [2.24, 2.45) is 10.9 Å². The van der Waals surface area contributed by atoms with Crippen LogP contribution in [-0.4, -0.2) is 55.1 Å². The van der Waals surface area contributed by atoms with Gasteiger partial charge in [-0.2, -0.15) is 0 Å². The third-order valence-corrected chi connectivity index (χ3v) is 5.75. The molecule has 1 atom stereocenters. The van der Waals surface area contributed by atoms with Gasteiger partial charge in [-0.25, -0.2) is 4.99 Å². The van der Waals surface area contributed by atoms with Gasteiger partial charge in [-0.3, -0.25) is 4.79 Å². The molecular weight excluding hydrogens is 376 g/mol. The van der Waals surface area contributed by atoms with Gasteiger partial charge >= 0.3 is 0 Å². The van der Waals surface area contributed by atoms with Crippen LogP contribution in [0, 0.1) is 12.8 Å². The highest BCUT2D eigenvalue weighted by Crippen LogP contribution is 2.18. The van der Waals surface area contributed by atoms with E-state index in [9.17, 15) is 4.79 Å². The first-order valence-electron chi connectivity index (χ1n) is 11.5. The molecule has 1 saturated heterocycles. The molecule has 1 aromatic rings. The quantitative estimate of drug-likeness (QED) is 0.475.